The van der Waals surface area contributed by atoms with Crippen molar-refractivity contribution in [2.75, 3.05) is 6.67 Å². The zero-order chi connectivity index (χ0) is 10.6. The second-order valence-corrected chi connectivity index (χ2v) is 5.55. The molecule has 0 unspecified atom stereocenters. The fraction of sp³-hybridized carbons (Fsp3) is 0.917. The van der Waals surface area contributed by atoms with E-state index in [2.05, 4.69) is 25.8 Å². The van der Waals surface area contributed by atoms with Crippen molar-refractivity contribution in [1.82, 2.24) is 0 Å². The Morgan fingerprint density at radius 1 is 1.29 bits per heavy atom. The number of hydrogen-bond acceptors (Lipinski definition) is 2. The average molecular weight is 196 g/mol. The van der Waals surface area contributed by atoms with Gasteiger partial charge in [0.05, 0.1) is 6.67 Å². The van der Waals surface area contributed by atoms with Crippen molar-refractivity contribution in [3.8, 4) is 0 Å². The Labute approximate surface area is 88.0 Å². The van der Waals surface area contributed by atoms with Crippen molar-refractivity contribution in [3.05, 3.63) is 0 Å². The highest BCUT2D eigenvalue weighted by Gasteiger charge is 2.24. The summed E-state index contributed by atoms with van der Waals surface area (Å²) in [6.45, 7) is 7.28. The van der Waals surface area contributed by atoms with Crippen LogP contribution >= 0.6 is 0 Å². The third-order valence-electron chi connectivity index (χ3n) is 2.83. The molecule has 2 heteroatoms. The van der Waals surface area contributed by atoms with E-state index in [1.807, 2.05) is 0 Å². The van der Waals surface area contributed by atoms with Crippen LogP contribution in [0.25, 0.3) is 0 Å². The Bertz CT molecular complexity index is 195. The molecule has 0 aliphatic heterocycles. The second kappa shape index (κ2) is 4.92. The lowest BCUT2D eigenvalue weighted by Crippen LogP contribution is -2.20. The lowest BCUT2D eigenvalue weighted by Gasteiger charge is -2.23. The lowest BCUT2D eigenvalue weighted by atomic mass is 9.84. The Hall–Kier alpha value is -0.370. The maximum absolute atomic E-state index is 5.53. The van der Waals surface area contributed by atoms with Crippen molar-refractivity contribution in [2.45, 2.75) is 52.9 Å². The van der Waals surface area contributed by atoms with E-state index in [0.717, 1.165) is 12.3 Å². The van der Waals surface area contributed by atoms with Crippen LogP contribution in [0.15, 0.2) is 4.99 Å². The fourth-order valence-electron chi connectivity index (χ4n) is 2.25. The molecule has 2 N–H and O–H groups in total. The van der Waals surface area contributed by atoms with Gasteiger partial charge in [-0.1, -0.05) is 33.6 Å². The number of aliphatic imine (C=N–C) groups is 1. The summed E-state index contributed by atoms with van der Waals surface area (Å²) in [6.07, 6.45) is 6.51. The molecule has 0 radical (unpaired) electrons. The molecule has 14 heavy (non-hydrogen) atoms. The molecule has 1 fully saturated rings. The van der Waals surface area contributed by atoms with Crippen LogP contribution in [0.4, 0.5) is 0 Å². The van der Waals surface area contributed by atoms with Crippen molar-refractivity contribution in [3.63, 3.8) is 0 Å². The van der Waals surface area contributed by atoms with E-state index in [1.54, 1.807) is 0 Å². The van der Waals surface area contributed by atoms with Crippen LogP contribution in [0, 0.1) is 11.3 Å². The molecule has 1 aliphatic rings. The van der Waals surface area contributed by atoms with Crippen molar-refractivity contribution in [1.29, 1.82) is 0 Å². The molecule has 82 valence electrons. The van der Waals surface area contributed by atoms with E-state index in [1.165, 1.54) is 31.4 Å². The quantitative estimate of drug-likeness (QED) is 0.692. The molecule has 2 nitrogen and oxygen atoms in total. The molecule has 0 heterocycles. The van der Waals surface area contributed by atoms with Gasteiger partial charge in [0.15, 0.2) is 0 Å². The molecule has 1 aliphatic carbocycles. The van der Waals surface area contributed by atoms with Gasteiger partial charge in [-0.25, -0.2) is 0 Å². The first-order chi connectivity index (χ1) is 6.53. The first kappa shape index (κ1) is 11.7. The summed E-state index contributed by atoms with van der Waals surface area (Å²) in [4.78, 5) is 4.49. The fourth-order valence-corrected chi connectivity index (χ4v) is 2.25. The Kier molecular flexibility index (Phi) is 4.11. The zero-order valence-corrected chi connectivity index (χ0v) is 9.84. The topological polar surface area (TPSA) is 38.4 Å². The monoisotopic (exact) mass is 196 g/mol. The van der Waals surface area contributed by atoms with Crippen molar-refractivity contribution in [2.24, 2.45) is 22.1 Å². The minimum absolute atomic E-state index is 0.344. The first-order valence-corrected chi connectivity index (χ1v) is 5.76. The SMILES string of the molecule is CC(C)(C)CC(=NCN)C1CCCC1. The molecule has 0 aromatic carbocycles. The minimum Gasteiger partial charge on any atom is -0.312 e. The van der Waals surface area contributed by atoms with Crippen LogP contribution in [0.3, 0.4) is 0 Å². The van der Waals surface area contributed by atoms with Gasteiger partial charge < -0.3 is 5.73 Å². The van der Waals surface area contributed by atoms with Gasteiger partial charge in [0, 0.05) is 5.71 Å². The number of hydrogen-bond donors (Lipinski definition) is 1. The van der Waals surface area contributed by atoms with Crippen LogP contribution in [-0.2, 0) is 0 Å². The van der Waals surface area contributed by atoms with Crippen molar-refractivity contribution >= 4 is 5.71 Å². The Balaban J connectivity index is 2.59. The molecule has 0 aromatic heterocycles. The van der Waals surface area contributed by atoms with E-state index in [9.17, 15) is 0 Å². The van der Waals surface area contributed by atoms with Crippen LogP contribution in [0.5, 0.6) is 0 Å². The normalized spacial score (nSPS) is 20.4. The number of nitrogens with two attached hydrogens (primary N) is 1. The predicted octanol–water partition coefficient (Wildman–Crippen LogP) is 2.97. The summed E-state index contributed by atoms with van der Waals surface area (Å²) in [5, 5.41) is 0. The maximum Gasteiger partial charge on any atom is 0.0858 e. The van der Waals surface area contributed by atoms with Crippen LogP contribution in [-0.4, -0.2) is 12.4 Å². The van der Waals surface area contributed by atoms with Crippen LogP contribution in [0.2, 0.25) is 0 Å². The van der Waals surface area contributed by atoms with Crippen molar-refractivity contribution < 1.29 is 0 Å². The molecule has 0 amide bonds. The summed E-state index contributed by atoms with van der Waals surface area (Å²) in [6, 6.07) is 0. The third kappa shape index (κ3) is 3.79. The van der Waals surface area contributed by atoms with Gasteiger partial charge in [-0.15, -0.1) is 0 Å². The molecule has 1 saturated carbocycles. The average Bonchev–Trinajstić information content (AvgIpc) is 2.52. The van der Waals surface area contributed by atoms with Gasteiger partial charge in [-0.05, 0) is 30.6 Å². The summed E-state index contributed by atoms with van der Waals surface area (Å²) in [5.41, 5.74) is 7.24. The standard InChI is InChI=1S/C12H24N2/c1-12(2,3)8-11(14-9-13)10-6-4-5-7-10/h10H,4-9,13H2,1-3H3. The molecular weight excluding hydrogens is 172 g/mol. The van der Waals surface area contributed by atoms with E-state index < -0.39 is 0 Å². The van der Waals surface area contributed by atoms with E-state index in [0.29, 0.717) is 12.1 Å². The highest BCUT2D eigenvalue weighted by molar-refractivity contribution is 5.87. The summed E-state index contributed by atoms with van der Waals surface area (Å²) < 4.78 is 0. The van der Waals surface area contributed by atoms with Crippen LogP contribution < -0.4 is 5.73 Å². The largest absolute Gasteiger partial charge is 0.312 e. The van der Waals surface area contributed by atoms with Gasteiger partial charge in [0.25, 0.3) is 0 Å². The summed E-state index contributed by atoms with van der Waals surface area (Å²) in [7, 11) is 0. The Morgan fingerprint density at radius 3 is 2.29 bits per heavy atom. The predicted molar refractivity (Wildman–Crippen MR) is 62.5 cm³/mol. The third-order valence-corrected chi connectivity index (χ3v) is 2.83. The van der Waals surface area contributed by atoms with E-state index in [-0.39, 0.29) is 0 Å². The molecule has 0 saturated heterocycles. The summed E-state index contributed by atoms with van der Waals surface area (Å²) in [5.74, 6) is 0.734. The molecule has 0 spiro atoms. The lowest BCUT2D eigenvalue weighted by molar-refractivity contribution is 0.424. The summed E-state index contributed by atoms with van der Waals surface area (Å²) >= 11 is 0. The highest BCUT2D eigenvalue weighted by Crippen LogP contribution is 2.31. The smallest absolute Gasteiger partial charge is 0.0858 e. The van der Waals surface area contributed by atoms with Crippen LogP contribution in [0.1, 0.15) is 52.9 Å². The van der Waals surface area contributed by atoms with E-state index in [4.69, 9.17) is 5.73 Å². The zero-order valence-electron chi connectivity index (χ0n) is 9.84. The van der Waals surface area contributed by atoms with Gasteiger partial charge >= 0.3 is 0 Å². The minimum atomic E-state index is 0.344. The molecule has 0 atom stereocenters. The van der Waals surface area contributed by atoms with Gasteiger partial charge in [-0.3, -0.25) is 4.99 Å². The molecule has 1 rings (SSSR count). The Morgan fingerprint density at radius 2 is 1.86 bits per heavy atom. The molecule has 0 aromatic rings. The van der Waals surface area contributed by atoms with Gasteiger partial charge in [0.2, 0.25) is 0 Å². The highest BCUT2D eigenvalue weighted by atomic mass is 14.9. The maximum atomic E-state index is 5.53. The second-order valence-electron chi connectivity index (χ2n) is 5.55. The van der Waals surface area contributed by atoms with Gasteiger partial charge in [0.1, 0.15) is 0 Å². The first-order valence-electron chi connectivity index (χ1n) is 5.76. The number of rotatable bonds is 3. The number of nitrogens with zero attached hydrogens (tertiary/aromatic N) is 1. The molecular formula is C12H24N2. The molecule has 0 bridgehead atoms. The van der Waals surface area contributed by atoms with E-state index >= 15 is 0 Å². The van der Waals surface area contributed by atoms with Gasteiger partial charge in [-0.2, -0.15) is 0 Å².